The number of hydrogen-bond donors (Lipinski definition) is 4. The van der Waals surface area contributed by atoms with E-state index >= 15 is 0 Å². The lowest BCUT2D eigenvalue weighted by Gasteiger charge is -2.20. The van der Waals surface area contributed by atoms with Gasteiger partial charge in [0.05, 0.1) is 16.3 Å². The third-order valence-corrected chi connectivity index (χ3v) is 3.45. The van der Waals surface area contributed by atoms with Gasteiger partial charge in [-0.25, -0.2) is 13.6 Å². The molecule has 0 radical (unpaired) electrons. The van der Waals surface area contributed by atoms with E-state index in [1.807, 2.05) is 20.8 Å². The summed E-state index contributed by atoms with van der Waals surface area (Å²) in [5.41, 5.74) is 6.29. The summed E-state index contributed by atoms with van der Waals surface area (Å²) in [5, 5.41) is 10.8. The number of anilines is 2. The first-order chi connectivity index (χ1) is 9.49. The van der Waals surface area contributed by atoms with Crippen molar-refractivity contribution >= 4 is 27.3 Å². The minimum atomic E-state index is -3.78. The third kappa shape index (κ3) is 6.01. The van der Waals surface area contributed by atoms with Gasteiger partial charge in [0.1, 0.15) is 0 Å². The number of rotatable bonds is 5. The average Bonchev–Trinajstić information content (AvgIpc) is 2.27. The van der Waals surface area contributed by atoms with E-state index in [-0.39, 0.29) is 22.8 Å². The molecule has 8 heteroatoms. The van der Waals surface area contributed by atoms with E-state index in [1.165, 1.54) is 18.2 Å². The number of sulfonamides is 1. The molecule has 0 aromatic heterocycles. The predicted octanol–water partition coefficient (Wildman–Crippen LogP) is 0.633. The molecule has 21 heavy (non-hydrogen) atoms. The van der Waals surface area contributed by atoms with E-state index in [1.54, 1.807) is 0 Å². The van der Waals surface area contributed by atoms with Crippen LogP contribution < -0.4 is 21.5 Å². The number of amides is 1. The quantitative estimate of drug-likeness (QED) is 0.593. The maximum absolute atomic E-state index is 11.7. The molecule has 0 fully saturated rings. The standard InChI is InChI=1S/C13H22N4O3S/c1-13(2,3)17-12(18)6-7-16-11-8-9(21(15,19)20)4-5-10(11)14/h4-5,8,16H,6-7,14H2,1-3H3,(H,17,18)(H2,15,19,20). The minimum absolute atomic E-state index is 0.0293. The van der Waals surface area contributed by atoms with Crippen LogP contribution in [0.4, 0.5) is 11.4 Å². The lowest BCUT2D eigenvalue weighted by Crippen LogP contribution is -2.41. The fraction of sp³-hybridized carbons (Fsp3) is 0.462. The van der Waals surface area contributed by atoms with Gasteiger partial charge in [0.25, 0.3) is 0 Å². The van der Waals surface area contributed by atoms with Crippen molar-refractivity contribution in [2.24, 2.45) is 5.14 Å². The fourth-order valence-corrected chi connectivity index (χ4v) is 2.20. The van der Waals surface area contributed by atoms with Gasteiger partial charge in [-0.2, -0.15) is 0 Å². The number of nitrogens with two attached hydrogens (primary N) is 2. The molecule has 0 atom stereocenters. The Labute approximate surface area is 125 Å². The third-order valence-electron chi connectivity index (χ3n) is 2.54. The monoisotopic (exact) mass is 314 g/mol. The number of carbonyl (C=O) groups is 1. The van der Waals surface area contributed by atoms with Crippen molar-refractivity contribution in [1.29, 1.82) is 0 Å². The Morgan fingerprint density at radius 1 is 1.29 bits per heavy atom. The SMILES string of the molecule is CC(C)(C)NC(=O)CCNc1cc(S(N)(=O)=O)ccc1N. The van der Waals surface area contributed by atoms with Gasteiger partial charge in [-0.15, -0.1) is 0 Å². The zero-order chi connectivity index (χ0) is 16.3. The van der Waals surface area contributed by atoms with Crippen molar-refractivity contribution in [2.75, 3.05) is 17.6 Å². The van der Waals surface area contributed by atoms with Gasteiger partial charge in [0.2, 0.25) is 15.9 Å². The second-order valence-corrected chi connectivity index (χ2v) is 7.33. The molecule has 118 valence electrons. The molecule has 0 spiro atoms. The van der Waals surface area contributed by atoms with E-state index in [0.29, 0.717) is 17.9 Å². The molecule has 0 saturated carbocycles. The van der Waals surface area contributed by atoms with Gasteiger partial charge < -0.3 is 16.4 Å². The first-order valence-corrected chi connectivity index (χ1v) is 8.01. The summed E-state index contributed by atoms with van der Waals surface area (Å²) in [6, 6.07) is 4.14. The van der Waals surface area contributed by atoms with E-state index in [4.69, 9.17) is 10.9 Å². The van der Waals surface area contributed by atoms with Crippen molar-refractivity contribution in [3.63, 3.8) is 0 Å². The van der Waals surface area contributed by atoms with Crippen LogP contribution in [0.3, 0.4) is 0 Å². The zero-order valence-corrected chi connectivity index (χ0v) is 13.3. The molecule has 1 aromatic rings. The Balaban J connectivity index is 2.66. The topological polar surface area (TPSA) is 127 Å². The molecule has 0 aliphatic heterocycles. The molecule has 0 aliphatic carbocycles. The Kier molecular flexibility index (Phi) is 5.19. The van der Waals surface area contributed by atoms with Crippen LogP contribution in [0.5, 0.6) is 0 Å². The van der Waals surface area contributed by atoms with Crippen molar-refractivity contribution < 1.29 is 13.2 Å². The van der Waals surface area contributed by atoms with Gasteiger partial charge in [0, 0.05) is 18.5 Å². The number of benzene rings is 1. The van der Waals surface area contributed by atoms with Crippen LogP contribution in [0.1, 0.15) is 27.2 Å². The Morgan fingerprint density at radius 2 is 1.90 bits per heavy atom. The molecule has 7 nitrogen and oxygen atoms in total. The number of carbonyl (C=O) groups excluding carboxylic acids is 1. The summed E-state index contributed by atoms with van der Waals surface area (Å²) in [4.78, 5) is 11.6. The van der Waals surface area contributed by atoms with Gasteiger partial charge in [-0.3, -0.25) is 4.79 Å². The minimum Gasteiger partial charge on any atom is -0.397 e. The average molecular weight is 314 g/mol. The lowest BCUT2D eigenvalue weighted by atomic mass is 10.1. The Morgan fingerprint density at radius 3 is 2.43 bits per heavy atom. The van der Waals surface area contributed by atoms with Crippen molar-refractivity contribution in [3.8, 4) is 0 Å². The molecule has 1 aromatic carbocycles. The maximum atomic E-state index is 11.7. The van der Waals surface area contributed by atoms with Crippen LogP contribution in [0.15, 0.2) is 23.1 Å². The second-order valence-electron chi connectivity index (χ2n) is 5.77. The number of primary sulfonamides is 1. The van der Waals surface area contributed by atoms with Crippen LogP contribution in [-0.2, 0) is 14.8 Å². The number of nitrogens with one attached hydrogen (secondary N) is 2. The smallest absolute Gasteiger partial charge is 0.238 e. The number of nitrogen functional groups attached to an aromatic ring is 1. The summed E-state index contributed by atoms with van der Waals surface area (Å²) in [6.45, 7) is 6.02. The molecular formula is C13H22N4O3S. The summed E-state index contributed by atoms with van der Waals surface area (Å²) in [5.74, 6) is -0.101. The predicted molar refractivity (Wildman–Crippen MR) is 83.2 cm³/mol. The van der Waals surface area contributed by atoms with E-state index in [2.05, 4.69) is 10.6 Å². The normalized spacial score (nSPS) is 12.0. The first kappa shape index (κ1) is 17.3. The highest BCUT2D eigenvalue weighted by Crippen LogP contribution is 2.22. The summed E-state index contributed by atoms with van der Waals surface area (Å²) >= 11 is 0. The van der Waals surface area contributed by atoms with Crippen molar-refractivity contribution in [1.82, 2.24) is 5.32 Å². The second kappa shape index (κ2) is 6.31. The van der Waals surface area contributed by atoms with Crippen LogP contribution in [0.25, 0.3) is 0 Å². The van der Waals surface area contributed by atoms with Crippen LogP contribution in [-0.4, -0.2) is 26.4 Å². The maximum Gasteiger partial charge on any atom is 0.238 e. The highest BCUT2D eigenvalue weighted by Gasteiger charge is 2.14. The van der Waals surface area contributed by atoms with Gasteiger partial charge in [-0.1, -0.05) is 0 Å². The summed E-state index contributed by atoms with van der Waals surface area (Å²) in [7, 11) is -3.78. The highest BCUT2D eigenvalue weighted by atomic mass is 32.2. The molecule has 0 heterocycles. The highest BCUT2D eigenvalue weighted by molar-refractivity contribution is 7.89. The van der Waals surface area contributed by atoms with E-state index < -0.39 is 10.0 Å². The Bertz CT molecular complexity index is 621. The molecule has 1 rings (SSSR count). The van der Waals surface area contributed by atoms with Crippen LogP contribution >= 0.6 is 0 Å². The largest absolute Gasteiger partial charge is 0.397 e. The Hall–Kier alpha value is -1.80. The van der Waals surface area contributed by atoms with Gasteiger partial charge >= 0.3 is 0 Å². The van der Waals surface area contributed by atoms with Crippen LogP contribution in [0.2, 0.25) is 0 Å². The summed E-state index contributed by atoms with van der Waals surface area (Å²) < 4.78 is 22.6. The molecule has 1 amide bonds. The molecule has 0 aliphatic rings. The van der Waals surface area contributed by atoms with Gasteiger partial charge in [-0.05, 0) is 39.0 Å². The number of hydrogen-bond acceptors (Lipinski definition) is 5. The molecule has 0 bridgehead atoms. The van der Waals surface area contributed by atoms with Crippen LogP contribution in [0, 0.1) is 0 Å². The molecule has 6 N–H and O–H groups in total. The summed E-state index contributed by atoms with van der Waals surface area (Å²) in [6.07, 6.45) is 0.246. The molecular weight excluding hydrogens is 292 g/mol. The van der Waals surface area contributed by atoms with Crippen molar-refractivity contribution in [2.45, 2.75) is 37.6 Å². The van der Waals surface area contributed by atoms with E-state index in [9.17, 15) is 13.2 Å². The molecule has 0 saturated heterocycles. The molecule has 0 unspecified atom stereocenters. The zero-order valence-electron chi connectivity index (χ0n) is 12.4. The lowest BCUT2D eigenvalue weighted by molar-refractivity contribution is -0.122. The van der Waals surface area contributed by atoms with Crippen molar-refractivity contribution in [3.05, 3.63) is 18.2 Å². The fourth-order valence-electron chi connectivity index (χ4n) is 1.66. The first-order valence-electron chi connectivity index (χ1n) is 6.46. The van der Waals surface area contributed by atoms with E-state index in [0.717, 1.165) is 0 Å². The van der Waals surface area contributed by atoms with Gasteiger partial charge in [0.15, 0.2) is 0 Å².